The lowest BCUT2D eigenvalue weighted by molar-refractivity contribution is -0.153. The van der Waals surface area contributed by atoms with Crippen LogP contribution in [-0.2, 0) is 14.3 Å². The van der Waals surface area contributed by atoms with Crippen LogP contribution in [0.2, 0.25) is 5.02 Å². The molecule has 0 bridgehead atoms. The van der Waals surface area contributed by atoms with E-state index >= 15 is 0 Å². The molecule has 8 nitrogen and oxygen atoms in total. The first kappa shape index (κ1) is 24.1. The summed E-state index contributed by atoms with van der Waals surface area (Å²) in [6, 6.07) is 9.31. The Morgan fingerprint density at radius 1 is 1.24 bits per heavy atom. The third-order valence-corrected chi connectivity index (χ3v) is 6.39. The van der Waals surface area contributed by atoms with Crippen LogP contribution in [0.1, 0.15) is 24.3 Å². The van der Waals surface area contributed by atoms with Crippen molar-refractivity contribution in [1.82, 2.24) is 4.90 Å². The molecule has 1 aliphatic rings. The highest BCUT2D eigenvalue weighted by molar-refractivity contribution is 6.33. The van der Waals surface area contributed by atoms with Gasteiger partial charge in [-0.05, 0) is 32.1 Å². The highest BCUT2D eigenvalue weighted by Gasteiger charge is 2.36. The van der Waals surface area contributed by atoms with Crippen LogP contribution in [0.15, 0.2) is 45.6 Å². The smallest absolute Gasteiger partial charge is 0.308 e. The Bertz CT molecular complexity index is 1270. The molecule has 2 heterocycles. The van der Waals surface area contributed by atoms with E-state index < -0.39 is 29.2 Å². The Hall–Kier alpha value is -3.07. The molecule has 1 aliphatic heterocycles. The average molecular weight is 488 g/mol. The number of fused-ring (bicyclic) bond motifs is 1. The van der Waals surface area contributed by atoms with Crippen LogP contribution in [-0.4, -0.2) is 61.0 Å². The molecule has 0 unspecified atom stereocenters. The van der Waals surface area contributed by atoms with Gasteiger partial charge in [-0.2, -0.15) is 0 Å². The second kappa shape index (κ2) is 10.0. The molecule has 9 heteroatoms. The van der Waals surface area contributed by atoms with Crippen molar-refractivity contribution in [2.75, 3.05) is 33.9 Å². The van der Waals surface area contributed by atoms with E-state index in [0.29, 0.717) is 35.7 Å². The summed E-state index contributed by atoms with van der Waals surface area (Å²) in [5.41, 5.74) is 0.392. The molecule has 1 saturated heterocycles. The Morgan fingerprint density at radius 2 is 2.00 bits per heavy atom. The number of aromatic hydroxyl groups is 2. The quantitative estimate of drug-likeness (QED) is 0.504. The van der Waals surface area contributed by atoms with Gasteiger partial charge in [0, 0.05) is 42.8 Å². The van der Waals surface area contributed by atoms with Crippen molar-refractivity contribution < 1.29 is 28.9 Å². The van der Waals surface area contributed by atoms with E-state index in [0.717, 1.165) is 6.07 Å². The molecule has 3 aromatic rings. The highest BCUT2D eigenvalue weighted by atomic mass is 35.5. The lowest BCUT2D eigenvalue weighted by atomic mass is 9.85. The van der Waals surface area contributed by atoms with Gasteiger partial charge in [0.15, 0.2) is 5.43 Å². The number of carbonyl (C=O) groups excluding carboxylic acids is 1. The molecule has 2 aromatic carbocycles. The fraction of sp³-hybridized carbons (Fsp3) is 0.360. The number of benzene rings is 2. The normalized spacial score (nSPS) is 18.8. The molecular formula is C25H26ClNO7. The number of hydrogen-bond acceptors (Lipinski definition) is 8. The maximum atomic E-state index is 13.0. The molecule has 1 aromatic heterocycles. The fourth-order valence-corrected chi connectivity index (χ4v) is 4.64. The first-order valence-electron chi connectivity index (χ1n) is 10.9. The lowest BCUT2D eigenvalue weighted by Crippen LogP contribution is -2.43. The zero-order valence-electron chi connectivity index (χ0n) is 18.9. The number of phenols is 2. The molecule has 0 aliphatic carbocycles. The van der Waals surface area contributed by atoms with Crippen molar-refractivity contribution in [2.45, 2.75) is 24.9 Å². The highest BCUT2D eigenvalue weighted by Crippen LogP contribution is 2.43. The maximum Gasteiger partial charge on any atom is 0.308 e. The summed E-state index contributed by atoms with van der Waals surface area (Å²) in [6.07, 6.45) is 0.0277. The van der Waals surface area contributed by atoms with Gasteiger partial charge in [0.05, 0.1) is 18.1 Å². The number of esters is 1. The first-order valence-corrected chi connectivity index (χ1v) is 11.3. The number of ether oxygens (including phenoxy) is 2. The molecule has 180 valence electrons. The third kappa shape index (κ3) is 4.75. The van der Waals surface area contributed by atoms with Gasteiger partial charge in [0.1, 0.15) is 34.3 Å². The summed E-state index contributed by atoms with van der Waals surface area (Å²) in [6.45, 7) is 1.34. The van der Waals surface area contributed by atoms with E-state index in [1.165, 1.54) is 13.2 Å². The van der Waals surface area contributed by atoms with Crippen molar-refractivity contribution >= 4 is 28.5 Å². The number of nitrogens with zero attached hydrogens (tertiary/aromatic N) is 1. The monoisotopic (exact) mass is 487 g/mol. The topological polar surface area (TPSA) is 109 Å². The molecule has 0 amide bonds. The summed E-state index contributed by atoms with van der Waals surface area (Å²) >= 11 is 6.32. The minimum Gasteiger partial charge on any atom is -0.507 e. The van der Waals surface area contributed by atoms with Gasteiger partial charge in [-0.3, -0.25) is 9.59 Å². The Labute approximate surface area is 201 Å². The minimum absolute atomic E-state index is 0.0485. The third-order valence-electron chi connectivity index (χ3n) is 6.06. The van der Waals surface area contributed by atoms with E-state index in [2.05, 4.69) is 0 Å². The van der Waals surface area contributed by atoms with E-state index in [1.807, 2.05) is 11.9 Å². The molecule has 0 saturated carbocycles. The summed E-state index contributed by atoms with van der Waals surface area (Å²) in [5, 5.41) is 21.7. The molecule has 2 N–H and O–H groups in total. The van der Waals surface area contributed by atoms with Crippen molar-refractivity contribution in [3.05, 3.63) is 57.2 Å². The predicted octanol–water partition coefficient (Wildman–Crippen LogP) is 3.89. The van der Waals surface area contributed by atoms with Crippen LogP contribution in [0.3, 0.4) is 0 Å². The number of methoxy groups -OCH3 is 1. The second-order valence-electron chi connectivity index (χ2n) is 8.42. The number of likely N-dealkylation sites (N-methyl/N-ethyl adjacent to an activating group) is 1. The van der Waals surface area contributed by atoms with Crippen LogP contribution in [0.25, 0.3) is 22.3 Å². The number of piperidine rings is 1. The number of hydrogen-bond donors (Lipinski definition) is 2. The molecular weight excluding hydrogens is 462 g/mol. The van der Waals surface area contributed by atoms with Gasteiger partial charge in [0.25, 0.3) is 0 Å². The van der Waals surface area contributed by atoms with Gasteiger partial charge < -0.3 is 29.0 Å². The molecule has 0 radical (unpaired) electrons. The maximum absolute atomic E-state index is 13.0. The number of rotatable bonds is 6. The van der Waals surface area contributed by atoms with E-state index in [4.69, 9.17) is 25.5 Å². The molecule has 4 rings (SSSR count). The number of carbonyl (C=O) groups is 1. The van der Waals surface area contributed by atoms with Gasteiger partial charge in [-0.15, -0.1) is 0 Å². The van der Waals surface area contributed by atoms with Gasteiger partial charge in [-0.25, -0.2) is 0 Å². The van der Waals surface area contributed by atoms with E-state index in [-0.39, 0.29) is 35.5 Å². The number of likely N-dealkylation sites (tertiary alicyclic amines) is 1. The second-order valence-corrected chi connectivity index (χ2v) is 8.82. The molecule has 1 fully saturated rings. The number of halogens is 1. The van der Waals surface area contributed by atoms with E-state index in [1.54, 1.807) is 24.3 Å². The zero-order chi connectivity index (χ0) is 24.4. The van der Waals surface area contributed by atoms with Crippen molar-refractivity contribution in [2.24, 2.45) is 0 Å². The van der Waals surface area contributed by atoms with Crippen LogP contribution >= 0.6 is 11.6 Å². The largest absolute Gasteiger partial charge is 0.507 e. The Morgan fingerprint density at radius 3 is 2.74 bits per heavy atom. The first-order chi connectivity index (χ1) is 16.3. The van der Waals surface area contributed by atoms with E-state index in [9.17, 15) is 19.8 Å². The van der Waals surface area contributed by atoms with Gasteiger partial charge >= 0.3 is 5.97 Å². The van der Waals surface area contributed by atoms with Gasteiger partial charge in [0.2, 0.25) is 0 Å². The predicted molar refractivity (Wildman–Crippen MR) is 127 cm³/mol. The van der Waals surface area contributed by atoms with Crippen LogP contribution < -0.4 is 5.43 Å². The van der Waals surface area contributed by atoms with Crippen LogP contribution in [0.4, 0.5) is 0 Å². The molecule has 0 spiro atoms. The average Bonchev–Trinajstić information content (AvgIpc) is 2.78. The number of phenolic OH excluding ortho intramolecular Hbond substituents is 2. The van der Waals surface area contributed by atoms with Crippen LogP contribution in [0, 0.1) is 0 Å². The van der Waals surface area contributed by atoms with Crippen molar-refractivity contribution in [1.29, 1.82) is 0 Å². The minimum atomic E-state index is -0.601. The zero-order valence-corrected chi connectivity index (χ0v) is 19.7. The summed E-state index contributed by atoms with van der Waals surface area (Å²) in [5.74, 6) is -1.31. The summed E-state index contributed by atoms with van der Waals surface area (Å²) in [4.78, 5) is 27.4. The lowest BCUT2D eigenvalue weighted by Gasteiger charge is -2.36. The van der Waals surface area contributed by atoms with Crippen molar-refractivity contribution in [3.63, 3.8) is 0 Å². The Kier molecular flexibility index (Phi) is 7.11. The molecule has 2 atom stereocenters. The van der Waals surface area contributed by atoms with Crippen LogP contribution in [0.5, 0.6) is 11.5 Å². The standard InChI is InChI=1S/C25H26ClNO7/c1-27-9-7-15(21(13-27)33-22(31)8-10-32-2)23-17(28)11-18(29)24-19(30)12-20(34-25(23)24)14-5-3-4-6-16(14)26/h3-6,11-12,15,21,28-29H,7-10,13H2,1-2H3/t15-,21+/m0/s1. The summed E-state index contributed by atoms with van der Waals surface area (Å²) < 4.78 is 16.8. The SMILES string of the molecule is COCCC(=O)O[C@@H]1CN(C)CC[C@@H]1c1c(O)cc(O)c2c(=O)cc(-c3ccccc3Cl)oc12. The fourth-order valence-electron chi connectivity index (χ4n) is 4.41. The van der Waals surface area contributed by atoms with Crippen molar-refractivity contribution in [3.8, 4) is 22.8 Å². The molecule has 34 heavy (non-hydrogen) atoms. The Balaban J connectivity index is 1.87. The summed E-state index contributed by atoms with van der Waals surface area (Å²) in [7, 11) is 3.42. The van der Waals surface area contributed by atoms with Gasteiger partial charge in [-0.1, -0.05) is 23.7 Å².